The summed E-state index contributed by atoms with van der Waals surface area (Å²) in [4.78, 5) is 15.1. The van der Waals surface area contributed by atoms with Gasteiger partial charge in [-0.25, -0.2) is 5.48 Å². The molecule has 0 aromatic heterocycles. The molecule has 1 aromatic carbocycles. The predicted octanol–water partition coefficient (Wildman–Crippen LogP) is -0.493. The summed E-state index contributed by atoms with van der Waals surface area (Å²) in [5.74, 6) is 0.0829. The second-order valence-electron chi connectivity index (χ2n) is 3.78. The first kappa shape index (κ1) is 12.5. The zero-order valence-electron chi connectivity index (χ0n) is 9.68. The van der Waals surface area contributed by atoms with Crippen molar-refractivity contribution in [2.24, 2.45) is 0 Å². The van der Waals surface area contributed by atoms with Crippen molar-refractivity contribution in [1.29, 1.82) is 0 Å². The molecule has 0 unspecified atom stereocenters. The lowest BCUT2D eigenvalue weighted by atomic mass is 9.73. The monoisotopic (exact) mass is 248 g/mol. The third-order valence-electron chi connectivity index (χ3n) is 2.57. The van der Waals surface area contributed by atoms with E-state index in [-0.39, 0.29) is 5.88 Å². The molecule has 1 heterocycles. The number of anilines is 1. The predicted molar refractivity (Wildman–Crippen MR) is 66.8 cm³/mol. The third-order valence-corrected chi connectivity index (χ3v) is 2.57. The topological polar surface area (TPSA) is 79.8 Å². The number of benzene rings is 1. The van der Waals surface area contributed by atoms with Crippen LogP contribution in [0, 0.1) is 0 Å². The van der Waals surface area contributed by atoms with E-state index in [9.17, 15) is 9.82 Å². The number of fused-ring (bicyclic) bond motifs is 1. The van der Waals surface area contributed by atoms with E-state index in [1.54, 1.807) is 6.07 Å². The summed E-state index contributed by atoms with van der Waals surface area (Å²) in [7, 11) is -0.910. The molecule has 6 nitrogen and oxygen atoms in total. The molecule has 1 aromatic rings. The second kappa shape index (κ2) is 5.57. The highest BCUT2D eigenvalue weighted by Crippen LogP contribution is 2.13. The van der Waals surface area contributed by atoms with Gasteiger partial charge in [0, 0.05) is 6.61 Å². The minimum atomic E-state index is -0.910. The van der Waals surface area contributed by atoms with Gasteiger partial charge < -0.3 is 14.5 Å². The molecule has 0 bridgehead atoms. The van der Waals surface area contributed by atoms with Gasteiger partial charge in [0.1, 0.15) is 0 Å². The Hall–Kier alpha value is -1.99. The lowest BCUT2D eigenvalue weighted by Crippen LogP contribution is -2.41. The van der Waals surface area contributed by atoms with Gasteiger partial charge in [-0.15, -0.1) is 0 Å². The van der Waals surface area contributed by atoms with Crippen molar-refractivity contribution in [3.63, 3.8) is 0 Å². The summed E-state index contributed by atoms with van der Waals surface area (Å²) < 4.78 is 5.13. The van der Waals surface area contributed by atoms with Crippen LogP contribution in [0.15, 0.2) is 30.7 Å². The molecule has 1 amide bonds. The fourth-order valence-electron chi connectivity index (χ4n) is 1.70. The molecule has 0 spiro atoms. The highest BCUT2D eigenvalue weighted by Gasteiger charge is 2.24. The fraction of sp³-hybridized carbons (Fsp3) is 0.182. The molecule has 0 aliphatic carbocycles. The van der Waals surface area contributed by atoms with Gasteiger partial charge in [-0.1, -0.05) is 6.07 Å². The van der Waals surface area contributed by atoms with E-state index in [4.69, 9.17) is 9.49 Å². The maximum Gasteiger partial charge on any atom is 0.491 e. The van der Waals surface area contributed by atoms with E-state index >= 15 is 0 Å². The molecule has 18 heavy (non-hydrogen) atoms. The highest BCUT2D eigenvalue weighted by molar-refractivity contribution is 6.61. The van der Waals surface area contributed by atoms with Crippen LogP contribution in [-0.2, 0) is 20.7 Å². The number of carbonyl (C=O) groups is 1. The molecule has 94 valence electrons. The molecule has 2 rings (SSSR count). The lowest BCUT2D eigenvalue weighted by molar-refractivity contribution is -0.109. The van der Waals surface area contributed by atoms with Crippen LogP contribution < -0.4 is 16.3 Å². The first-order chi connectivity index (χ1) is 8.70. The maximum absolute atomic E-state index is 10.1. The minimum absolute atomic E-state index is 0.0829. The largest absolute Gasteiger partial charge is 0.491 e. The molecule has 0 saturated carbocycles. The van der Waals surface area contributed by atoms with E-state index in [1.807, 2.05) is 12.1 Å². The third kappa shape index (κ3) is 2.82. The number of amides is 1. The summed E-state index contributed by atoms with van der Waals surface area (Å²) in [5, 5.41) is 11.9. The van der Waals surface area contributed by atoms with E-state index < -0.39 is 7.12 Å². The standard InChI is InChI=1S/C11H13BN2O4/c1-8(13-7-15)18-14-10-3-2-9-4-5-17-12(16)11(9)6-10/h2-3,6-7,14,16H,1,4-5H2,(H,13,15). The van der Waals surface area contributed by atoms with Crippen LogP contribution in [0.5, 0.6) is 0 Å². The van der Waals surface area contributed by atoms with Gasteiger partial charge in [0.2, 0.25) is 12.3 Å². The summed E-state index contributed by atoms with van der Waals surface area (Å²) in [5.41, 5.74) is 5.00. The molecule has 3 N–H and O–H groups in total. The zero-order valence-corrected chi connectivity index (χ0v) is 9.68. The van der Waals surface area contributed by atoms with Crippen LogP contribution in [0.4, 0.5) is 5.69 Å². The molecule has 0 fully saturated rings. The molecular formula is C11H13BN2O4. The molecular weight excluding hydrogens is 235 g/mol. The van der Waals surface area contributed by atoms with Crippen LogP contribution in [0.1, 0.15) is 5.56 Å². The summed E-state index contributed by atoms with van der Waals surface area (Å²) in [6.45, 7) is 3.97. The maximum atomic E-state index is 10.1. The Bertz CT molecular complexity index is 466. The van der Waals surface area contributed by atoms with Crippen molar-refractivity contribution in [3.05, 3.63) is 36.2 Å². The second-order valence-corrected chi connectivity index (χ2v) is 3.78. The van der Waals surface area contributed by atoms with Crippen LogP contribution in [0.3, 0.4) is 0 Å². The quantitative estimate of drug-likeness (QED) is 0.283. The van der Waals surface area contributed by atoms with Crippen molar-refractivity contribution in [3.8, 4) is 0 Å². The van der Waals surface area contributed by atoms with E-state index in [1.165, 1.54) is 0 Å². The number of rotatable bonds is 5. The van der Waals surface area contributed by atoms with Crippen molar-refractivity contribution in [2.75, 3.05) is 12.1 Å². The Labute approximate surface area is 105 Å². The van der Waals surface area contributed by atoms with Crippen LogP contribution in [0.25, 0.3) is 0 Å². The summed E-state index contributed by atoms with van der Waals surface area (Å²) in [6.07, 6.45) is 1.24. The Morgan fingerprint density at radius 3 is 3.22 bits per heavy atom. The van der Waals surface area contributed by atoms with Gasteiger partial charge in [-0.3, -0.25) is 10.1 Å². The lowest BCUT2D eigenvalue weighted by Gasteiger charge is -2.20. The smallest absolute Gasteiger partial charge is 0.423 e. The van der Waals surface area contributed by atoms with Gasteiger partial charge in [-0.2, -0.15) is 0 Å². The Kier molecular flexibility index (Phi) is 3.86. The SMILES string of the molecule is C=C(NC=O)ONc1ccc2c(c1)B(O)OCC2. The van der Waals surface area contributed by atoms with Crippen LogP contribution >= 0.6 is 0 Å². The molecule has 0 atom stereocenters. The summed E-state index contributed by atoms with van der Waals surface area (Å²) >= 11 is 0. The minimum Gasteiger partial charge on any atom is -0.423 e. The highest BCUT2D eigenvalue weighted by atomic mass is 16.7. The van der Waals surface area contributed by atoms with Crippen molar-refractivity contribution < 1.29 is 19.3 Å². The van der Waals surface area contributed by atoms with Crippen molar-refractivity contribution >= 4 is 24.7 Å². The fourth-order valence-corrected chi connectivity index (χ4v) is 1.70. The van der Waals surface area contributed by atoms with Gasteiger partial charge in [-0.05, 0) is 36.2 Å². The zero-order chi connectivity index (χ0) is 13.0. The Balaban J connectivity index is 2.04. The van der Waals surface area contributed by atoms with E-state index in [0.29, 0.717) is 24.2 Å². The van der Waals surface area contributed by atoms with Gasteiger partial charge >= 0.3 is 7.12 Å². The molecule has 0 radical (unpaired) electrons. The Morgan fingerprint density at radius 1 is 1.61 bits per heavy atom. The van der Waals surface area contributed by atoms with E-state index in [0.717, 1.165) is 12.0 Å². The first-order valence-corrected chi connectivity index (χ1v) is 5.45. The number of hydrogen-bond acceptors (Lipinski definition) is 5. The average Bonchev–Trinajstić information content (AvgIpc) is 2.37. The van der Waals surface area contributed by atoms with Crippen LogP contribution in [-0.4, -0.2) is 25.2 Å². The molecule has 1 aliphatic rings. The van der Waals surface area contributed by atoms with Gasteiger partial charge in [0.05, 0.1) is 5.69 Å². The van der Waals surface area contributed by atoms with Crippen molar-refractivity contribution in [1.82, 2.24) is 5.32 Å². The normalized spacial score (nSPS) is 13.5. The van der Waals surface area contributed by atoms with E-state index in [2.05, 4.69) is 17.4 Å². The first-order valence-electron chi connectivity index (χ1n) is 5.45. The number of nitrogens with one attached hydrogen (secondary N) is 2. The van der Waals surface area contributed by atoms with Gasteiger partial charge in [0.25, 0.3) is 0 Å². The molecule has 0 saturated heterocycles. The summed E-state index contributed by atoms with van der Waals surface area (Å²) in [6, 6.07) is 5.43. The number of carbonyl (C=O) groups excluding carboxylic acids is 1. The van der Waals surface area contributed by atoms with Crippen LogP contribution in [0.2, 0.25) is 0 Å². The van der Waals surface area contributed by atoms with Gasteiger partial charge in [0.15, 0.2) is 0 Å². The molecule has 7 heteroatoms. The average molecular weight is 248 g/mol. The molecule has 1 aliphatic heterocycles. The Morgan fingerprint density at radius 2 is 2.44 bits per heavy atom. The number of hydrogen-bond donors (Lipinski definition) is 3. The van der Waals surface area contributed by atoms with Crippen molar-refractivity contribution in [2.45, 2.75) is 6.42 Å².